The molecule has 0 spiro atoms. The minimum Gasteiger partial charge on any atom is -0.369 e. The van der Waals surface area contributed by atoms with E-state index in [4.69, 9.17) is 0 Å². The Labute approximate surface area is 112 Å². The maximum absolute atomic E-state index is 3.20. The van der Waals surface area contributed by atoms with E-state index in [1.807, 2.05) is 7.05 Å². The number of hydrogen-bond acceptors (Lipinski definition) is 2. The van der Waals surface area contributed by atoms with E-state index in [0.717, 1.165) is 13.1 Å². The highest BCUT2D eigenvalue weighted by molar-refractivity contribution is 5.55. The molecule has 2 nitrogen and oxygen atoms in total. The van der Waals surface area contributed by atoms with Crippen molar-refractivity contribution in [3.8, 4) is 0 Å². The Morgan fingerprint density at radius 2 is 1.83 bits per heavy atom. The van der Waals surface area contributed by atoms with Gasteiger partial charge in [0.05, 0.1) is 0 Å². The van der Waals surface area contributed by atoms with Gasteiger partial charge in [0, 0.05) is 24.8 Å². The number of benzene rings is 1. The van der Waals surface area contributed by atoms with Crippen LogP contribution in [-0.4, -0.2) is 19.6 Å². The number of nitrogens with one attached hydrogen (secondary N) is 1. The molecule has 102 valence electrons. The molecule has 0 saturated heterocycles. The summed E-state index contributed by atoms with van der Waals surface area (Å²) in [4.78, 5) is 2.50. The lowest BCUT2D eigenvalue weighted by Gasteiger charge is -2.32. The quantitative estimate of drug-likeness (QED) is 0.827. The summed E-state index contributed by atoms with van der Waals surface area (Å²) in [5.74, 6) is 0.684. The van der Waals surface area contributed by atoms with Gasteiger partial charge in [0.25, 0.3) is 0 Å². The third kappa shape index (κ3) is 4.02. The van der Waals surface area contributed by atoms with Crippen molar-refractivity contribution in [1.29, 1.82) is 0 Å². The Morgan fingerprint density at radius 1 is 1.17 bits per heavy atom. The summed E-state index contributed by atoms with van der Waals surface area (Å²) >= 11 is 0. The predicted octanol–water partition coefficient (Wildman–Crippen LogP) is 3.59. The second-order valence-electron chi connectivity index (χ2n) is 5.79. The van der Waals surface area contributed by atoms with Crippen LogP contribution in [0.3, 0.4) is 0 Å². The van der Waals surface area contributed by atoms with Crippen LogP contribution in [0.5, 0.6) is 0 Å². The van der Waals surface area contributed by atoms with Crippen LogP contribution in [0, 0.1) is 12.8 Å². The van der Waals surface area contributed by atoms with Crippen LogP contribution in [0.2, 0.25) is 0 Å². The summed E-state index contributed by atoms with van der Waals surface area (Å²) in [6.07, 6.45) is 0. The normalized spacial score (nSPS) is 11.3. The largest absolute Gasteiger partial charge is 0.369 e. The van der Waals surface area contributed by atoms with Gasteiger partial charge in [0.2, 0.25) is 0 Å². The Bertz CT molecular complexity index is 369. The molecule has 1 N–H and O–H groups in total. The minimum absolute atomic E-state index is 0.543. The fraction of sp³-hybridized carbons (Fsp3) is 0.625. The molecule has 0 radical (unpaired) electrons. The van der Waals surface area contributed by atoms with Gasteiger partial charge in [-0.1, -0.05) is 26.0 Å². The third-order valence-corrected chi connectivity index (χ3v) is 3.14. The highest BCUT2D eigenvalue weighted by Crippen LogP contribution is 2.24. The number of nitrogens with zero attached hydrogens (tertiary/aromatic N) is 1. The average Bonchev–Trinajstić information content (AvgIpc) is 2.26. The Hall–Kier alpha value is -1.02. The van der Waals surface area contributed by atoms with Crippen LogP contribution in [0.1, 0.15) is 38.8 Å². The molecule has 0 saturated carbocycles. The van der Waals surface area contributed by atoms with E-state index in [1.54, 1.807) is 0 Å². The molecular formula is C16H28N2. The first-order valence-electron chi connectivity index (χ1n) is 6.96. The molecule has 0 aliphatic rings. The molecule has 18 heavy (non-hydrogen) atoms. The minimum atomic E-state index is 0.543. The summed E-state index contributed by atoms with van der Waals surface area (Å²) in [5, 5.41) is 3.20. The summed E-state index contributed by atoms with van der Waals surface area (Å²) in [5.41, 5.74) is 4.10. The van der Waals surface area contributed by atoms with Crippen LogP contribution in [0.4, 0.5) is 5.69 Å². The van der Waals surface area contributed by atoms with Gasteiger partial charge in [-0.3, -0.25) is 0 Å². The highest BCUT2D eigenvalue weighted by atomic mass is 15.2. The van der Waals surface area contributed by atoms with Crippen molar-refractivity contribution in [3.05, 3.63) is 29.3 Å². The molecule has 0 aliphatic carbocycles. The average molecular weight is 248 g/mol. The van der Waals surface area contributed by atoms with E-state index in [2.05, 4.69) is 63.0 Å². The summed E-state index contributed by atoms with van der Waals surface area (Å²) in [6.45, 7) is 13.4. The van der Waals surface area contributed by atoms with E-state index in [9.17, 15) is 0 Å². The molecule has 0 bridgehead atoms. The molecule has 0 heterocycles. The predicted molar refractivity (Wildman–Crippen MR) is 81.3 cm³/mol. The van der Waals surface area contributed by atoms with Crippen molar-refractivity contribution >= 4 is 5.69 Å². The third-order valence-electron chi connectivity index (χ3n) is 3.14. The lowest BCUT2D eigenvalue weighted by atomic mass is 10.1. The monoisotopic (exact) mass is 248 g/mol. The zero-order chi connectivity index (χ0) is 13.7. The first-order valence-corrected chi connectivity index (χ1v) is 6.96. The second kappa shape index (κ2) is 6.79. The van der Waals surface area contributed by atoms with Gasteiger partial charge in [0.15, 0.2) is 0 Å². The first-order chi connectivity index (χ1) is 8.45. The maximum atomic E-state index is 3.20. The van der Waals surface area contributed by atoms with Crippen molar-refractivity contribution in [2.45, 2.75) is 47.2 Å². The fourth-order valence-electron chi connectivity index (χ4n) is 2.33. The Morgan fingerprint density at radius 3 is 2.28 bits per heavy atom. The maximum Gasteiger partial charge on any atom is 0.0398 e. The lowest BCUT2D eigenvalue weighted by Crippen LogP contribution is -2.34. The molecule has 0 aromatic heterocycles. The van der Waals surface area contributed by atoms with Crippen molar-refractivity contribution in [2.24, 2.45) is 5.92 Å². The van der Waals surface area contributed by atoms with E-state index < -0.39 is 0 Å². The topological polar surface area (TPSA) is 15.3 Å². The molecule has 1 aromatic carbocycles. The van der Waals surface area contributed by atoms with Gasteiger partial charge < -0.3 is 10.2 Å². The van der Waals surface area contributed by atoms with E-state index in [0.29, 0.717) is 12.0 Å². The zero-order valence-corrected chi connectivity index (χ0v) is 12.7. The van der Waals surface area contributed by atoms with Gasteiger partial charge in [-0.25, -0.2) is 0 Å². The molecule has 1 aromatic rings. The van der Waals surface area contributed by atoms with Crippen molar-refractivity contribution in [3.63, 3.8) is 0 Å². The molecule has 0 unspecified atom stereocenters. The summed E-state index contributed by atoms with van der Waals surface area (Å²) < 4.78 is 0. The summed E-state index contributed by atoms with van der Waals surface area (Å²) in [7, 11) is 1.99. The second-order valence-corrected chi connectivity index (χ2v) is 5.79. The van der Waals surface area contributed by atoms with Crippen molar-refractivity contribution in [2.75, 3.05) is 18.5 Å². The van der Waals surface area contributed by atoms with Gasteiger partial charge in [-0.05, 0) is 50.9 Å². The molecule has 2 heteroatoms. The zero-order valence-electron chi connectivity index (χ0n) is 12.7. The lowest BCUT2D eigenvalue weighted by molar-refractivity contribution is 0.570. The fourth-order valence-corrected chi connectivity index (χ4v) is 2.33. The van der Waals surface area contributed by atoms with Crippen molar-refractivity contribution < 1.29 is 0 Å². The van der Waals surface area contributed by atoms with E-state index in [1.165, 1.54) is 16.8 Å². The van der Waals surface area contributed by atoms with Gasteiger partial charge in [0.1, 0.15) is 0 Å². The number of anilines is 1. The summed E-state index contributed by atoms with van der Waals surface area (Å²) in [6, 6.07) is 7.33. The van der Waals surface area contributed by atoms with Crippen LogP contribution in [-0.2, 0) is 6.54 Å². The molecule has 0 atom stereocenters. The highest BCUT2D eigenvalue weighted by Gasteiger charge is 2.14. The molecule has 0 aliphatic heterocycles. The van der Waals surface area contributed by atoms with Crippen LogP contribution in [0.25, 0.3) is 0 Å². The van der Waals surface area contributed by atoms with E-state index in [-0.39, 0.29) is 0 Å². The van der Waals surface area contributed by atoms with Crippen LogP contribution in [0.15, 0.2) is 18.2 Å². The molecular weight excluding hydrogens is 220 g/mol. The molecule has 0 fully saturated rings. The number of rotatable bonds is 6. The standard InChI is InChI=1S/C16H28N2/c1-12(2)11-18(13(3)4)16-8-7-15(10-17-6)9-14(16)5/h7-9,12-13,17H,10-11H2,1-6H3. The number of hydrogen-bond donors (Lipinski definition) is 1. The smallest absolute Gasteiger partial charge is 0.0398 e. The van der Waals surface area contributed by atoms with Gasteiger partial charge in [-0.15, -0.1) is 0 Å². The Kier molecular flexibility index (Phi) is 5.67. The number of aryl methyl sites for hydroxylation is 1. The SMILES string of the molecule is CNCc1ccc(N(CC(C)C)C(C)C)c(C)c1. The van der Waals surface area contributed by atoms with Gasteiger partial charge >= 0.3 is 0 Å². The first kappa shape index (κ1) is 15.0. The van der Waals surface area contributed by atoms with E-state index >= 15 is 0 Å². The van der Waals surface area contributed by atoms with Crippen LogP contribution >= 0.6 is 0 Å². The van der Waals surface area contributed by atoms with Gasteiger partial charge in [-0.2, -0.15) is 0 Å². The van der Waals surface area contributed by atoms with Crippen LogP contribution < -0.4 is 10.2 Å². The van der Waals surface area contributed by atoms with Crippen molar-refractivity contribution in [1.82, 2.24) is 5.32 Å². The molecule has 1 rings (SSSR count). The Balaban J connectivity index is 2.98. The molecule has 0 amide bonds.